The largest absolute Gasteiger partial charge is 0.449 e. The van der Waals surface area contributed by atoms with Gasteiger partial charge in [0.15, 0.2) is 0 Å². The molecule has 7 heteroatoms. The summed E-state index contributed by atoms with van der Waals surface area (Å²) >= 11 is 0. The molecule has 3 aromatic rings. The molecule has 0 heterocycles. The van der Waals surface area contributed by atoms with Crippen molar-refractivity contribution < 1.29 is 21.8 Å². The van der Waals surface area contributed by atoms with E-state index >= 15 is 0 Å². The van der Waals surface area contributed by atoms with Gasteiger partial charge in [-0.25, -0.2) is 4.79 Å². The summed E-state index contributed by atoms with van der Waals surface area (Å²) in [5.41, 5.74) is 5.32. The molecule has 0 aliphatic heterocycles. The van der Waals surface area contributed by atoms with Gasteiger partial charge in [0.1, 0.15) is 6.61 Å². The molecule has 0 fully saturated rings. The monoisotopic (exact) mass is 437 g/mol. The van der Waals surface area contributed by atoms with Crippen molar-refractivity contribution in [3.63, 3.8) is 0 Å². The van der Waals surface area contributed by atoms with Crippen LogP contribution in [-0.2, 0) is 15.0 Å². The van der Waals surface area contributed by atoms with Gasteiger partial charge in [0.05, 0.1) is 4.90 Å². The van der Waals surface area contributed by atoms with Gasteiger partial charge in [0.25, 0.3) is 0 Å². The van der Waals surface area contributed by atoms with Gasteiger partial charge in [-0.15, -0.1) is 3.89 Å². The topological polar surface area (TPSA) is 72.5 Å². The number of carbonyl (C=O) groups excluding carboxylic acids is 1. The fourth-order valence-corrected chi connectivity index (χ4v) is 4.19. The Labute approximate surface area is 180 Å². The summed E-state index contributed by atoms with van der Waals surface area (Å²) in [7, 11) is -4.70. The maximum atomic E-state index is 12.9. The lowest BCUT2D eigenvalue weighted by molar-refractivity contribution is 0.144. The molecule has 1 amide bonds. The number of nitrogens with one attached hydrogen (secondary N) is 1. The van der Waals surface area contributed by atoms with Gasteiger partial charge in [0, 0.05) is 12.5 Å². The van der Waals surface area contributed by atoms with E-state index in [1.54, 1.807) is 12.2 Å². The fraction of sp³-hybridized carbons (Fsp3) is 0.125. The van der Waals surface area contributed by atoms with E-state index in [9.17, 15) is 17.1 Å². The Balaban J connectivity index is 1.31. The minimum absolute atomic E-state index is 0.000935. The number of fused-ring (bicyclic) bond motifs is 3. The third kappa shape index (κ3) is 4.67. The van der Waals surface area contributed by atoms with E-state index in [4.69, 9.17) is 4.74 Å². The first-order valence-electron chi connectivity index (χ1n) is 9.73. The summed E-state index contributed by atoms with van der Waals surface area (Å²) in [5.74, 6) is -0.000935. The number of amides is 1. The van der Waals surface area contributed by atoms with Crippen molar-refractivity contribution >= 4 is 22.4 Å². The molecule has 1 aliphatic rings. The molecule has 158 valence electrons. The highest BCUT2D eigenvalue weighted by molar-refractivity contribution is 7.86. The van der Waals surface area contributed by atoms with Crippen molar-refractivity contribution in [2.45, 2.75) is 10.8 Å². The van der Waals surface area contributed by atoms with Crippen LogP contribution in [0.5, 0.6) is 0 Å². The summed E-state index contributed by atoms with van der Waals surface area (Å²) in [5, 5.41) is 2.66. The van der Waals surface area contributed by atoms with Crippen LogP contribution in [0.2, 0.25) is 0 Å². The van der Waals surface area contributed by atoms with Crippen molar-refractivity contribution in [1.82, 2.24) is 5.32 Å². The van der Waals surface area contributed by atoms with Crippen molar-refractivity contribution in [1.29, 1.82) is 0 Å². The molecule has 4 rings (SSSR count). The van der Waals surface area contributed by atoms with Crippen LogP contribution in [0.15, 0.2) is 83.8 Å². The van der Waals surface area contributed by atoms with Crippen molar-refractivity contribution in [3.05, 3.63) is 95.6 Å². The first-order valence-corrected chi connectivity index (χ1v) is 11.1. The van der Waals surface area contributed by atoms with Gasteiger partial charge in [-0.2, -0.15) is 8.42 Å². The number of carbonyl (C=O) groups is 1. The summed E-state index contributed by atoms with van der Waals surface area (Å²) in [6.07, 6.45) is 2.86. The van der Waals surface area contributed by atoms with Crippen LogP contribution in [-0.4, -0.2) is 27.7 Å². The highest BCUT2D eigenvalue weighted by Crippen LogP contribution is 2.44. The second-order valence-corrected chi connectivity index (χ2v) is 8.46. The minimum atomic E-state index is -4.70. The molecular formula is C24H20FNO4S. The van der Waals surface area contributed by atoms with Gasteiger partial charge in [0.2, 0.25) is 0 Å². The van der Waals surface area contributed by atoms with Gasteiger partial charge in [-0.05, 0) is 39.9 Å². The van der Waals surface area contributed by atoms with Crippen LogP contribution in [0.1, 0.15) is 22.6 Å². The molecule has 0 saturated carbocycles. The average molecular weight is 437 g/mol. The van der Waals surface area contributed by atoms with E-state index in [1.165, 1.54) is 35.4 Å². The Morgan fingerprint density at radius 3 is 2.10 bits per heavy atom. The summed E-state index contributed by atoms with van der Waals surface area (Å²) in [4.78, 5) is 11.7. The predicted molar refractivity (Wildman–Crippen MR) is 117 cm³/mol. The van der Waals surface area contributed by atoms with E-state index in [1.807, 2.05) is 24.3 Å². The Morgan fingerprint density at radius 1 is 0.935 bits per heavy atom. The molecule has 1 aliphatic carbocycles. The molecule has 0 radical (unpaired) electrons. The van der Waals surface area contributed by atoms with Crippen LogP contribution in [0.4, 0.5) is 8.68 Å². The first-order chi connectivity index (χ1) is 14.9. The Hall–Kier alpha value is -3.45. The quantitative estimate of drug-likeness (QED) is 0.557. The maximum Gasteiger partial charge on any atom is 0.407 e. The van der Waals surface area contributed by atoms with E-state index < -0.39 is 16.3 Å². The Bertz CT molecular complexity index is 1190. The molecule has 0 atom stereocenters. The summed E-state index contributed by atoms with van der Waals surface area (Å²) in [6, 6.07) is 21.6. The lowest BCUT2D eigenvalue weighted by atomic mass is 9.98. The normalized spacial score (nSPS) is 13.1. The van der Waals surface area contributed by atoms with Crippen LogP contribution < -0.4 is 5.32 Å². The number of benzene rings is 3. The zero-order valence-electron chi connectivity index (χ0n) is 16.5. The molecular weight excluding hydrogens is 417 g/mol. The van der Waals surface area contributed by atoms with Crippen LogP contribution in [0.3, 0.4) is 0 Å². The molecule has 0 bridgehead atoms. The van der Waals surface area contributed by atoms with E-state index in [2.05, 4.69) is 29.6 Å². The number of hydrogen-bond acceptors (Lipinski definition) is 4. The van der Waals surface area contributed by atoms with Gasteiger partial charge in [-0.3, -0.25) is 0 Å². The molecule has 0 aromatic heterocycles. The molecule has 0 spiro atoms. The van der Waals surface area contributed by atoms with Gasteiger partial charge in [-0.1, -0.05) is 72.8 Å². The van der Waals surface area contributed by atoms with E-state index in [0.29, 0.717) is 5.56 Å². The van der Waals surface area contributed by atoms with Crippen LogP contribution in [0, 0.1) is 0 Å². The zero-order valence-corrected chi connectivity index (χ0v) is 17.3. The molecule has 3 aromatic carbocycles. The third-order valence-electron chi connectivity index (χ3n) is 5.18. The SMILES string of the molecule is O=C(NCC=Cc1ccc(S(=O)(=O)F)cc1)OCC1c2ccccc2-c2ccccc21. The number of rotatable bonds is 6. The predicted octanol–water partition coefficient (Wildman–Crippen LogP) is 4.90. The standard InChI is InChI=1S/C24H20FNO4S/c25-31(28,29)18-13-11-17(12-14-18)6-5-15-26-24(27)30-16-23-21-9-3-1-7-19(21)20-8-2-4-10-22(20)23/h1-14,23H,15-16H2,(H,26,27). The van der Waals surface area contributed by atoms with Crippen molar-refractivity contribution in [3.8, 4) is 11.1 Å². The molecule has 0 saturated heterocycles. The minimum Gasteiger partial charge on any atom is -0.449 e. The highest BCUT2D eigenvalue weighted by Gasteiger charge is 2.28. The number of alkyl carbamates (subject to hydrolysis) is 1. The second kappa shape index (κ2) is 8.73. The van der Waals surface area contributed by atoms with Crippen molar-refractivity contribution in [2.24, 2.45) is 0 Å². The summed E-state index contributed by atoms with van der Waals surface area (Å²) in [6.45, 7) is 0.475. The van der Waals surface area contributed by atoms with Crippen LogP contribution >= 0.6 is 0 Å². The molecule has 0 unspecified atom stereocenters. The number of hydrogen-bond donors (Lipinski definition) is 1. The highest BCUT2D eigenvalue weighted by atomic mass is 32.3. The average Bonchev–Trinajstić information content (AvgIpc) is 3.09. The summed E-state index contributed by atoms with van der Waals surface area (Å²) < 4.78 is 40.0. The third-order valence-corrected chi connectivity index (χ3v) is 6.02. The van der Waals surface area contributed by atoms with Gasteiger partial charge >= 0.3 is 16.3 Å². The fourth-order valence-electron chi connectivity index (χ4n) is 3.73. The number of ether oxygens (including phenoxy) is 1. The maximum absolute atomic E-state index is 12.9. The molecule has 5 nitrogen and oxygen atoms in total. The first kappa shape index (κ1) is 20.8. The van der Waals surface area contributed by atoms with E-state index in [0.717, 1.165) is 11.1 Å². The zero-order chi connectivity index (χ0) is 21.8. The smallest absolute Gasteiger partial charge is 0.407 e. The van der Waals surface area contributed by atoms with Crippen molar-refractivity contribution in [2.75, 3.05) is 13.2 Å². The Morgan fingerprint density at radius 2 is 1.52 bits per heavy atom. The Kier molecular flexibility index (Phi) is 5.86. The molecule has 1 N–H and O–H groups in total. The van der Waals surface area contributed by atoms with Gasteiger partial charge < -0.3 is 10.1 Å². The van der Waals surface area contributed by atoms with Crippen LogP contribution in [0.25, 0.3) is 17.2 Å². The molecule has 31 heavy (non-hydrogen) atoms. The number of halogens is 1. The van der Waals surface area contributed by atoms with E-state index in [-0.39, 0.29) is 24.0 Å². The second-order valence-electron chi connectivity index (χ2n) is 7.12. The lowest BCUT2D eigenvalue weighted by Crippen LogP contribution is -2.26. The lowest BCUT2D eigenvalue weighted by Gasteiger charge is -2.14.